The molecule has 2 fully saturated rings. The molecular formula is C16H17ClO6. The SMILES string of the molecule is COc1cc(OC)c(C(=O)C2C(C)CC(=O)C3OC32)c(O)c1Cl. The highest BCUT2D eigenvalue weighted by Crippen LogP contribution is 2.48. The highest BCUT2D eigenvalue weighted by atomic mass is 35.5. The van der Waals surface area contributed by atoms with Crippen LogP contribution in [0, 0.1) is 11.8 Å². The largest absolute Gasteiger partial charge is 0.505 e. The smallest absolute Gasteiger partial charge is 0.176 e. The third kappa shape index (κ3) is 2.46. The van der Waals surface area contributed by atoms with Gasteiger partial charge in [0.1, 0.15) is 34.3 Å². The summed E-state index contributed by atoms with van der Waals surface area (Å²) in [5.41, 5.74) is -0.00116. The molecule has 23 heavy (non-hydrogen) atoms. The Morgan fingerprint density at radius 1 is 1.35 bits per heavy atom. The summed E-state index contributed by atoms with van der Waals surface area (Å²) in [5, 5.41) is 10.3. The van der Waals surface area contributed by atoms with E-state index in [2.05, 4.69) is 0 Å². The first-order valence-corrected chi connectivity index (χ1v) is 7.64. The van der Waals surface area contributed by atoms with Crippen LogP contribution in [0.1, 0.15) is 23.7 Å². The fourth-order valence-corrected chi connectivity index (χ4v) is 3.49. The molecule has 124 valence electrons. The summed E-state index contributed by atoms with van der Waals surface area (Å²) in [7, 11) is 2.79. The Morgan fingerprint density at radius 2 is 2.00 bits per heavy atom. The highest BCUT2D eigenvalue weighted by Gasteiger charge is 2.58. The second kappa shape index (κ2) is 5.69. The van der Waals surface area contributed by atoms with E-state index in [4.69, 9.17) is 25.8 Å². The van der Waals surface area contributed by atoms with Crippen molar-refractivity contribution in [1.82, 2.24) is 0 Å². The van der Waals surface area contributed by atoms with Crippen LogP contribution in [0.3, 0.4) is 0 Å². The summed E-state index contributed by atoms with van der Waals surface area (Å²) < 4.78 is 15.6. The Morgan fingerprint density at radius 3 is 2.61 bits per heavy atom. The first-order valence-electron chi connectivity index (χ1n) is 7.26. The molecule has 1 aromatic carbocycles. The number of epoxide rings is 1. The normalized spacial score (nSPS) is 29.0. The van der Waals surface area contributed by atoms with E-state index in [1.54, 1.807) is 0 Å². The molecule has 7 heteroatoms. The minimum absolute atomic E-state index is 0.00116. The lowest BCUT2D eigenvalue weighted by Gasteiger charge is -2.25. The molecule has 1 aliphatic heterocycles. The first kappa shape index (κ1) is 16.1. The maximum atomic E-state index is 13.0. The Labute approximate surface area is 138 Å². The number of phenols is 1. The number of carbonyl (C=O) groups excluding carboxylic acids is 2. The van der Waals surface area contributed by atoms with E-state index in [0.29, 0.717) is 0 Å². The number of fused-ring (bicyclic) bond motifs is 1. The summed E-state index contributed by atoms with van der Waals surface area (Å²) in [5.74, 6) is -0.994. The second-order valence-electron chi connectivity index (χ2n) is 5.88. The molecule has 1 heterocycles. The number of aromatic hydroxyl groups is 1. The molecule has 4 atom stereocenters. The standard InChI is InChI=1S/C16H17ClO6/c1-6-4-7(18)15-16(23-15)10(6)13(19)11-8(21-2)5-9(22-3)12(17)14(11)20/h5-6,10,15-16,20H,4H2,1-3H3. The Bertz CT molecular complexity index is 684. The number of benzene rings is 1. The molecule has 0 radical (unpaired) electrons. The molecular weight excluding hydrogens is 324 g/mol. The Kier molecular flexibility index (Phi) is 3.98. The van der Waals surface area contributed by atoms with Crippen LogP contribution in [0.2, 0.25) is 5.02 Å². The molecule has 1 saturated carbocycles. The molecule has 0 bridgehead atoms. The summed E-state index contributed by atoms with van der Waals surface area (Å²) in [6.45, 7) is 1.83. The molecule has 0 aromatic heterocycles. The van der Waals surface area contributed by atoms with E-state index in [-0.39, 0.29) is 51.7 Å². The van der Waals surface area contributed by atoms with E-state index >= 15 is 0 Å². The predicted molar refractivity (Wildman–Crippen MR) is 81.5 cm³/mol. The predicted octanol–water partition coefficient (Wildman–Crippen LogP) is 2.24. The van der Waals surface area contributed by atoms with Crippen molar-refractivity contribution in [1.29, 1.82) is 0 Å². The van der Waals surface area contributed by atoms with Gasteiger partial charge in [-0.15, -0.1) is 0 Å². The number of phenolic OH excluding ortho intramolecular Hbond substituents is 1. The van der Waals surface area contributed by atoms with Crippen molar-refractivity contribution >= 4 is 23.2 Å². The third-order valence-corrected chi connectivity index (χ3v) is 4.86. The molecule has 3 rings (SSSR count). The zero-order valence-corrected chi connectivity index (χ0v) is 13.7. The van der Waals surface area contributed by atoms with Gasteiger partial charge in [-0.05, 0) is 5.92 Å². The van der Waals surface area contributed by atoms with Crippen LogP contribution in [0.4, 0.5) is 0 Å². The van der Waals surface area contributed by atoms with Crippen LogP contribution in [-0.2, 0) is 9.53 Å². The summed E-state index contributed by atoms with van der Waals surface area (Å²) in [6, 6.07) is 1.46. The Hall–Kier alpha value is -1.79. The molecule has 4 unspecified atom stereocenters. The van der Waals surface area contributed by atoms with Gasteiger partial charge in [0.15, 0.2) is 17.3 Å². The van der Waals surface area contributed by atoms with Crippen molar-refractivity contribution in [3.63, 3.8) is 0 Å². The lowest BCUT2D eigenvalue weighted by molar-refractivity contribution is -0.121. The average molecular weight is 341 g/mol. The zero-order valence-electron chi connectivity index (χ0n) is 13.0. The Balaban J connectivity index is 2.03. The zero-order chi connectivity index (χ0) is 16.9. The lowest BCUT2D eigenvalue weighted by Crippen LogP contribution is -2.36. The van der Waals surface area contributed by atoms with Gasteiger partial charge in [-0.25, -0.2) is 0 Å². The minimum Gasteiger partial charge on any atom is -0.505 e. The van der Waals surface area contributed by atoms with Crippen molar-refractivity contribution < 1.29 is 28.9 Å². The van der Waals surface area contributed by atoms with Crippen LogP contribution in [0.5, 0.6) is 17.2 Å². The molecule has 1 aliphatic carbocycles. The van der Waals surface area contributed by atoms with Crippen LogP contribution in [0.25, 0.3) is 0 Å². The van der Waals surface area contributed by atoms with Crippen molar-refractivity contribution in [3.05, 3.63) is 16.7 Å². The molecule has 0 amide bonds. The number of ether oxygens (including phenoxy) is 3. The van der Waals surface area contributed by atoms with Gasteiger partial charge in [0, 0.05) is 12.5 Å². The minimum atomic E-state index is -0.512. The van der Waals surface area contributed by atoms with Crippen molar-refractivity contribution in [3.8, 4) is 17.2 Å². The van der Waals surface area contributed by atoms with Gasteiger partial charge < -0.3 is 19.3 Å². The van der Waals surface area contributed by atoms with Crippen LogP contribution >= 0.6 is 11.6 Å². The molecule has 1 aromatic rings. The number of Topliss-reactive ketones (excluding diaryl/α,β-unsaturated/α-hetero) is 2. The summed E-state index contributed by atoms with van der Waals surface area (Å²) in [4.78, 5) is 24.7. The van der Waals surface area contributed by atoms with E-state index < -0.39 is 18.1 Å². The number of methoxy groups -OCH3 is 2. The second-order valence-corrected chi connectivity index (χ2v) is 6.26. The number of hydrogen-bond donors (Lipinski definition) is 1. The summed E-state index contributed by atoms with van der Waals surface area (Å²) >= 11 is 6.05. The fourth-order valence-electron chi connectivity index (χ4n) is 3.26. The maximum absolute atomic E-state index is 13.0. The van der Waals surface area contributed by atoms with Gasteiger partial charge in [-0.2, -0.15) is 0 Å². The number of ketones is 2. The van der Waals surface area contributed by atoms with Gasteiger partial charge in [0.2, 0.25) is 0 Å². The van der Waals surface area contributed by atoms with Gasteiger partial charge in [-0.3, -0.25) is 9.59 Å². The fraction of sp³-hybridized carbons (Fsp3) is 0.500. The van der Waals surface area contributed by atoms with Crippen LogP contribution in [-0.4, -0.2) is 43.1 Å². The number of carbonyl (C=O) groups is 2. The van der Waals surface area contributed by atoms with Gasteiger partial charge >= 0.3 is 0 Å². The number of halogens is 1. The molecule has 1 N–H and O–H groups in total. The molecule has 0 spiro atoms. The number of hydrogen-bond acceptors (Lipinski definition) is 6. The highest BCUT2D eigenvalue weighted by molar-refractivity contribution is 6.34. The van der Waals surface area contributed by atoms with Gasteiger partial charge in [-0.1, -0.05) is 18.5 Å². The first-order chi connectivity index (χ1) is 10.9. The van der Waals surface area contributed by atoms with Crippen molar-refractivity contribution in [2.45, 2.75) is 25.6 Å². The van der Waals surface area contributed by atoms with Gasteiger partial charge in [0.25, 0.3) is 0 Å². The van der Waals surface area contributed by atoms with E-state index in [1.165, 1.54) is 20.3 Å². The third-order valence-electron chi connectivity index (χ3n) is 4.49. The van der Waals surface area contributed by atoms with E-state index in [9.17, 15) is 14.7 Å². The van der Waals surface area contributed by atoms with Crippen LogP contribution in [0.15, 0.2) is 6.07 Å². The average Bonchev–Trinajstić information content (AvgIpc) is 3.30. The van der Waals surface area contributed by atoms with E-state index in [1.807, 2.05) is 6.92 Å². The van der Waals surface area contributed by atoms with E-state index in [0.717, 1.165) is 0 Å². The maximum Gasteiger partial charge on any atom is 0.176 e. The topological polar surface area (TPSA) is 85.4 Å². The van der Waals surface area contributed by atoms with Gasteiger partial charge in [0.05, 0.1) is 20.1 Å². The molecule has 2 aliphatic rings. The number of rotatable bonds is 4. The van der Waals surface area contributed by atoms with Crippen molar-refractivity contribution in [2.24, 2.45) is 11.8 Å². The molecule has 6 nitrogen and oxygen atoms in total. The monoisotopic (exact) mass is 340 g/mol. The summed E-state index contributed by atoms with van der Waals surface area (Å²) in [6.07, 6.45) is -0.643. The van der Waals surface area contributed by atoms with Crippen LogP contribution < -0.4 is 9.47 Å². The lowest BCUT2D eigenvalue weighted by atomic mass is 9.75. The van der Waals surface area contributed by atoms with Crippen molar-refractivity contribution in [2.75, 3.05) is 14.2 Å². The molecule has 1 saturated heterocycles. The quantitative estimate of drug-likeness (QED) is 0.668.